The fourth-order valence-corrected chi connectivity index (χ4v) is 4.23. The van der Waals surface area contributed by atoms with E-state index in [1.165, 1.54) is 11.1 Å². The van der Waals surface area contributed by atoms with Gasteiger partial charge in [0.15, 0.2) is 5.78 Å². The van der Waals surface area contributed by atoms with Crippen LogP contribution in [0, 0.1) is 25.7 Å². The third kappa shape index (κ3) is 2.29. The number of benzene rings is 2. The molecule has 2 aromatic carbocycles. The number of Topliss-reactive ketones (excluding diaryl/α,β-unsaturated/α-hetero) is 1. The van der Waals surface area contributed by atoms with E-state index >= 15 is 0 Å². The van der Waals surface area contributed by atoms with Gasteiger partial charge in [-0.2, -0.15) is 0 Å². The number of aliphatic hydroxyl groups excluding tert-OH is 1. The van der Waals surface area contributed by atoms with Crippen molar-refractivity contribution in [3.63, 3.8) is 0 Å². The summed E-state index contributed by atoms with van der Waals surface area (Å²) < 4.78 is 0. The van der Waals surface area contributed by atoms with Crippen molar-refractivity contribution >= 4 is 11.4 Å². The van der Waals surface area contributed by atoms with Crippen LogP contribution in [0.4, 0.5) is 0 Å². The van der Waals surface area contributed by atoms with Crippen molar-refractivity contribution in [3.8, 4) is 11.1 Å². The second-order valence-corrected chi connectivity index (χ2v) is 7.18. The van der Waals surface area contributed by atoms with Crippen LogP contribution >= 0.6 is 0 Å². The zero-order chi connectivity index (χ0) is 16.8. The van der Waals surface area contributed by atoms with Crippen molar-refractivity contribution in [2.24, 2.45) is 11.8 Å². The molecule has 2 unspecified atom stereocenters. The van der Waals surface area contributed by atoms with E-state index in [4.69, 9.17) is 0 Å². The maximum Gasteiger partial charge on any atom is 0.169 e. The van der Waals surface area contributed by atoms with Crippen molar-refractivity contribution in [2.45, 2.75) is 33.1 Å². The Bertz CT molecular complexity index is 860. The molecule has 0 heterocycles. The number of aliphatic hydroxyl groups is 1. The lowest BCUT2D eigenvalue weighted by Crippen LogP contribution is -2.21. The quantitative estimate of drug-likeness (QED) is 0.822. The van der Waals surface area contributed by atoms with Gasteiger partial charge in [0, 0.05) is 11.8 Å². The standard InChI is InChI=1S/C22H22O2/c1-13-5-3-4-6-18(13)15-8-7-14(2)19(12-15)20-21(23)16-9-10-17(11-16)22(20)24/h3-8,12,16-17,23H,9-11H2,1-2H3. The highest BCUT2D eigenvalue weighted by molar-refractivity contribution is 6.23. The Balaban J connectivity index is 1.87. The van der Waals surface area contributed by atoms with Crippen molar-refractivity contribution in [2.75, 3.05) is 0 Å². The number of carbonyl (C=O) groups is 1. The molecular formula is C22H22O2. The normalized spacial score (nSPS) is 23.0. The average molecular weight is 318 g/mol. The molecule has 122 valence electrons. The van der Waals surface area contributed by atoms with Crippen LogP contribution in [0.1, 0.15) is 36.0 Å². The van der Waals surface area contributed by atoms with Gasteiger partial charge in [0.25, 0.3) is 0 Å². The van der Waals surface area contributed by atoms with Crippen LogP contribution < -0.4 is 0 Å². The maximum absolute atomic E-state index is 12.8. The molecule has 0 radical (unpaired) electrons. The van der Waals surface area contributed by atoms with Crippen molar-refractivity contribution < 1.29 is 9.90 Å². The minimum Gasteiger partial charge on any atom is -0.511 e. The molecule has 0 amide bonds. The third-order valence-electron chi connectivity index (χ3n) is 5.66. The minimum absolute atomic E-state index is 0.0995. The van der Waals surface area contributed by atoms with Crippen LogP contribution in [-0.4, -0.2) is 10.9 Å². The van der Waals surface area contributed by atoms with Crippen LogP contribution in [0.5, 0.6) is 0 Å². The lowest BCUT2D eigenvalue weighted by molar-refractivity contribution is -0.117. The molecule has 2 aromatic rings. The summed E-state index contributed by atoms with van der Waals surface area (Å²) in [4.78, 5) is 12.8. The van der Waals surface area contributed by atoms with Crippen LogP contribution in [0.2, 0.25) is 0 Å². The minimum atomic E-state index is 0.0995. The lowest BCUT2D eigenvalue weighted by Gasteiger charge is -2.23. The van der Waals surface area contributed by atoms with E-state index in [-0.39, 0.29) is 17.6 Å². The Kier molecular flexibility index (Phi) is 3.56. The van der Waals surface area contributed by atoms with E-state index in [0.717, 1.165) is 36.0 Å². The van der Waals surface area contributed by atoms with Gasteiger partial charge in [-0.05, 0) is 67.0 Å². The van der Waals surface area contributed by atoms with Gasteiger partial charge < -0.3 is 5.11 Å². The van der Waals surface area contributed by atoms with Gasteiger partial charge in [-0.15, -0.1) is 0 Å². The molecule has 2 atom stereocenters. The van der Waals surface area contributed by atoms with E-state index in [2.05, 4.69) is 37.3 Å². The van der Waals surface area contributed by atoms with Crippen LogP contribution in [0.15, 0.2) is 48.2 Å². The second-order valence-electron chi connectivity index (χ2n) is 7.18. The summed E-state index contributed by atoms with van der Waals surface area (Å²) in [5.41, 5.74) is 5.99. The van der Waals surface area contributed by atoms with Gasteiger partial charge >= 0.3 is 0 Å². The smallest absolute Gasteiger partial charge is 0.169 e. The van der Waals surface area contributed by atoms with Crippen LogP contribution in [-0.2, 0) is 4.79 Å². The number of ketones is 1. The van der Waals surface area contributed by atoms with Gasteiger partial charge in [0.2, 0.25) is 0 Å². The van der Waals surface area contributed by atoms with Gasteiger partial charge in [-0.3, -0.25) is 4.79 Å². The number of aryl methyl sites for hydroxylation is 2. The number of fused-ring (bicyclic) bond motifs is 2. The average Bonchev–Trinajstić information content (AvgIpc) is 3.03. The number of rotatable bonds is 2. The SMILES string of the molecule is Cc1ccc(-c2ccccc2C)cc1C1=C(O)C2CCC(C2)C1=O. The van der Waals surface area contributed by atoms with E-state index in [1.807, 2.05) is 19.1 Å². The molecule has 1 saturated carbocycles. The molecule has 2 heteroatoms. The summed E-state index contributed by atoms with van der Waals surface area (Å²) in [6.07, 6.45) is 2.67. The Morgan fingerprint density at radius 1 is 0.917 bits per heavy atom. The highest BCUT2D eigenvalue weighted by atomic mass is 16.3. The molecule has 2 aliphatic rings. The van der Waals surface area contributed by atoms with Crippen LogP contribution in [0.3, 0.4) is 0 Å². The molecule has 1 fully saturated rings. The Morgan fingerprint density at radius 2 is 1.62 bits per heavy atom. The summed E-state index contributed by atoms with van der Waals surface area (Å²) in [5, 5.41) is 10.7. The van der Waals surface area contributed by atoms with Gasteiger partial charge in [-0.25, -0.2) is 0 Å². The first-order valence-corrected chi connectivity index (χ1v) is 8.70. The summed E-state index contributed by atoms with van der Waals surface area (Å²) >= 11 is 0. The van der Waals surface area contributed by atoms with E-state index < -0.39 is 0 Å². The fourth-order valence-electron chi connectivity index (χ4n) is 4.23. The molecule has 0 aliphatic heterocycles. The molecule has 0 aromatic heterocycles. The van der Waals surface area contributed by atoms with E-state index in [1.54, 1.807) is 0 Å². The van der Waals surface area contributed by atoms with E-state index in [9.17, 15) is 9.90 Å². The molecule has 0 saturated heterocycles. The largest absolute Gasteiger partial charge is 0.511 e. The van der Waals surface area contributed by atoms with Gasteiger partial charge in [0.05, 0.1) is 5.57 Å². The fraction of sp³-hybridized carbons (Fsp3) is 0.318. The Hall–Kier alpha value is -2.35. The topological polar surface area (TPSA) is 37.3 Å². The summed E-state index contributed by atoms with van der Waals surface area (Å²) in [5.74, 6) is 0.719. The first kappa shape index (κ1) is 15.2. The summed E-state index contributed by atoms with van der Waals surface area (Å²) in [7, 11) is 0. The number of hydrogen-bond donors (Lipinski definition) is 1. The highest BCUT2D eigenvalue weighted by Gasteiger charge is 2.41. The number of hydrogen-bond acceptors (Lipinski definition) is 2. The first-order chi connectivity index (χ1) is 11.6. The predicted molar refractivity (Wildman–Crippen MR) is 96.7 cm³/mol. The zero-order valence-corrected chi connectivity index (χ0v) is 14.2. The molecule has 1 N–H and O–H groups in total. The van der Waals surface area contributed by atoms with E-state index in [0.29, 0.717) is 11.3 Å². The molecule has 2 nitrogen and oxygen atoms in total. The summed E-state index contributed by atoms with van der Waals surface area (Å²) in [6.45, 7) is 4.11. The Morgan fingerprint density at radius 3 is 2.42 bits per heavy atom. The zero-order valence-electron chi connectivity index (χ0n) is 14.2. The van der Waals surface area contributed by atoms with Gasteiger partial charge in [-0.1, -0.05) is 36.4 Å². The molecule has 4 rings (SSSR count). The maximum atomic E-state index is 12.8. The summed E-state index contributed by atoms with van der Waals surface area (Å²) in [6, 6.07) is 14.5. The first-order valence-electron chi connectivity index (χ1n) is 8.70. The molecule has 0 spiro atoms. The molecule has 2 aliphatic carbocycles. The molecule has 2 bridgehead atoms. The van der Waals surface area contributed by atoms with Crippen LogP contribution in [0.25, 0.3) is 16.7 Å². The molecular weight excluding hydrogens is 296 g/mol. The highest BCUT2D eigenvalue weighted by Crippen LogP contribution is 2.46. The van der Waals surface area contributed by atoms with Gasteiger partial charge in [0.1, 0.15) is 5.76 Å². The Labute approximate surface area is 142 Å². The van der Waals surface area contributed by atoms with Crippen molar-refractivity contribution in [1.82, 2.24) is 0 Å². The number of carbonyl (C=O) groups excluding carboxylic acids is 1. The molecule has 24 heavy (non-hydrogen) atoms. The number of allylic oxidation sites excluding steroid dienone is 2. The predicted octanol–water partition coefficient (Wildman–Crippen LogP) is 5.24. The van der Waals surface area contributed by atoms with Crippen molar-refractivity contribution in [3.05, 3.63) is 64.9 Å². The third-order valence-corrected chi connectivity index (χ3v) is 5.66. The van der Waals surface area contributed by atoms with Crippen molar-refractivity contribution in [1.29, 1.82) is 0 Å². The monoisotopic (exact) mass is 318 g/mol. The second kappa shape index (κ2) is 5.62. The lowest BCUT2D eigenvalue weighted by atomic mass is 9.81.